The Morgan fingerprint density at radius 2 is 0.851 bits per heavy atom. The third-order valence-electron chi connectivity index (χ3n) is 13.3. The van der Waals surface area contributed by atoms with Crippen molar-refractivity contribution < 1.29 is 13.5 Å². The van der Waals surface area contributed by atoms with Gasteiger partial charge in [-0.05, 0) is 197 Å². The van der Waals surface area contributed by atoms with Crippen LogP contribution < -0.4 is 0 Å². The molecule has 0 bridgehead atoms. The fourth-order valence-corrected chi connectivity index (χ4v) is 10.1. The molecule has 0 heterocycles. The Labute approximate surface area is 284 Å². The molecule has 47 heavy (non-hydrogen) atoms. The molecule has 2 aromatic carbocycles. The van der Waals surface area contributed by atoms with Gasteiger partial charge in [-0.25, -0.2) is 8.78 Å². The molecule has 0 aromatic heterocycles. The highest BCUT2D eigenvalue weighted by Gasteiger charge is 2.32. The number of benzene rings is 2. The van der Waals surface area contributed by atoms with Crippen LogP contribution in [0.2, 0.25) is 0 Å². The summed E-state index contributed by atoms with van der Waals surface area (Å²) in [5.74, 6) is 5.69. The molecule has 0 N–H and O–H groups in total. The molecule has 0 radical (unpaired) electrons. The van der Waals surface area contributed by atoms with Gasteiger partial charge in [0, 0.05) is 0 Å². The Hall–Kier alpha value is -2.26. The predicted octanol–water partition coefficient (Wildman–Crippen LogP) is 12.3. The van der Waals surface area contributed by atoms with Crippen LogP contribution in [0.1, 0.15) is 137 Å². The van der Waals surface area contributed by atoms with Crippen LogP contribution in [0.25, 0.3) is 0 Å². The van der Waals surface area contributed by atoms with Gasteiger partial charge in [0.25, 0.3) is 0 Å². The number of hydrogen-bond donors (Lipinski definition) is 0. The SMILES string of the molecule is C=CC1CCC(C2CCC(c3ccc(CCOCCc4ccc(C5CCC(C6CCC(C=C)CC6)CC5)cc4F)c(F)c3)CC2)CC1. The summed E-state index contributed by atoms with van der Waals surface area (Å²) in [5, 5.41) is 0. The molecule has 2 aromatic rings. The van der Waals surface area contributed by atoms with E-state index in [9.17, 15) is 0 Å². The molecule has 0 amide bonds. The molecule has 6 rings (SSSR count). The van der Waals surface area contributed by atoms with E-state index in [4.69, 9.17) is 4.74 Å². The Balaban J connectivity index is 0.883. The molecular weight excluding hydrogens is 582 g/mol. The molecule has 4 aliphatic carbocycles. The number of allylic oxidation sites excluding steroid dienone is 2. The van der Waals surface area contributed by atoms with Gasteiger partial charge in [0.05, 0.1) is 13.2 Å². The van der Waals surface area contributed by atoms with Crippen LogP contribution >= 0.6 is 0 Å². The summed E-state index contributed by atoms with van der Waals surface area (Å²) in [7, 11) is 0. The number of rotatable bonds is 12. The molecule has 3 heteroatoms. The zero-order chi connectivity index (χ0) is 32.6. The molecule has 4 saturated carbocycles. The summed E-state index contributed by atoms with van der Waals surface area (Å²) < 4.78 is 36.0. The average Bonchev–Trinajstić information content (AvgIpc) is 3.13. The van der Waals surface area contributed by atoms with Crippen LogP contribution in [-0.4, -0.2) is 13.2 Å². The van der Waals surface area contributed by atoms with Gasteiger partial charge in [0.15, 0.2) is 0 Å². The van der Waals surface area contributed by atoms with E-state index in [1.165, 1.54) is 114 Å². The lowest BCUT2D eigenvalue weighted by molar-refractivity contribution is 0.139. The molecule has 0 spiro atoms. The molecule has 0 saturated heterocycles. The lowest BCUT2D eigenvalue weighted by Gasteiger charge is -2.37. The summed E-state index contributed by atoms with van der Waals surface area (Å²) in [6.45, 7) is 8.89. The van der Waals surface area contributed by atoms with E-state index in [-0.39, 0.29) is 11.6 Å². The van der Waals surface area contributed by atoms with Crippen LogP contribution in [0, 0.1) is 47.1 Å². The summed E-state index contributed by atoms with van der Waals surface area (Å²) in [4.78, 5) is 0. The van der Waals surface area contributed by atoms with Gasteiger partial charge in [-0.2, -0.15) is 0 Å². The zero-order valence-corrected chi connectivity index (χ0v) is 29.0. The van der Waals surface area contributed by atoms with Crippen molar-refractivity contribution in [1.29, 1.82) is 0 Å². The molecule has 4 aliphatic rings. The van der Waals surface area contributed by atoms with Gasteiger partial charge in [-0.15, -0.1) is 13.2 Å². The Morgan fingerprint density at radius 3 is 1.17 bits per heavy atom. The van der Waals surface area contributed by atoms with E-state index in [0.29, 0.717) is 37.9 Å². The second kappa shape index (κ2) is 16.9. The number of ether oxygens (including phenoxy) is 1. The van der Waals surface area contributed by atoms with E-state index in [1.54, 1.807) is 12.1 Å². The van der Waals surface area contributed by atoms with Crippen molar-refractivity contribution in [1.82, 2.24) is 0 Å². The fourth-order valence-electron chi connectivity index (χ4n) is 10.1. The van der Waals surface area contributed by atoms with Crippen LogP contribution in [0.15, 0.2) is 61.7 Å². The van der Waals surface area contributed by atoms with E-state index in [2.05, 4.69) is 37.4 Å². The smallest absolute Gasteiger partial charge is 0.126 e. The maximum absolute atomic E-state index is 15.1. The van der Waals surface area contributed by atoms with Crippen molar-refractivity contribution in [3.8, 4) is 0 Å². The Morgan fingerprint density at radius 1 is 0.511 bits per heavy atom. The van der Waals surface area contributed by atoms with E-state index >= 15 is 8.78 Å². The van der Waals surface area contributed by atoms with Crippen LogP contribution in [0.4, 0.5) is 8.78 Å². The van der Waals surface area contributed by atoms with Crippen LogP contribution in [0.3, 0.4) is 0 Å². The third kappa shape index (κ3) is 9.05. The number of hydrogen-bond acceptors (Lipinski definition) is 1. The Kier molecular flexibility index (Phi) is 12.4. The van der Waals surface area contributed by atoms with Crippen molar-refractivity contribution >= 4 is 0 Å². The standard InChI is InChI=1S/C44H60F2O/c1-3-31-5-9-33(10-6-31)35-13-17-37(18-14-35)41-23-21-39(43(45)29-41)25-27-47-28-26-40-22-24-42(30-44(40)46)38-19-15-36(16-20-38)34-11-7-32(4-2)8-12-34/h3-4,21-24,29-38H,1-2,5-20,25-28H2. The van der Waals surface area contributed by atoms with E-state index in [1.807, 2.05) is 12.1 Å². The van der Waals surface area contributed by atoms with Gasteiger partial charge in [0.1, 0.15) is 11.6 Å². The first-order valence-corrected chi connectivity index (χ1v) is 19.4. The van der Waals surface area contributed by atoms with Gasteiger partial charge in [-0.3, -0.25) is 0 Å². The molecule has 256 valence electrons. The highest BCUT2D eigenvalue weighted by Crippen LogP contribution is 2.45. The third-order valence-corrected chi connectivity index (χ3v) is 13.3. The lowest BCUT2D eigenvalue weighted by atomic mass is 9.68. The van der Waals surface area contributed by atoms with Crippen molar-refractivity contribution in [2.45, 2.75) is 127 Å². The topological polar surface area (TPSA) is 9.23 Å². The molecule has 4 fully saturated rings. The summed E-state index contributed by atoms with van der Waals surface area (Å²) in [6.07, 6.45) is 26.0. The second-order valence-electron chi connectivity index (χ2n) is 15.9. The van der Waals surface area contributed by atoms with E-state index in [0.717, 1.165) is 46.6 Å². The summed E-state index contributed by atoms with van der Waals surface area (Å²) in [6, 6.07) is 11.8. The Bertz CT molecular complexity index is 1180. The first-order chi connectivity index (χ1) is 23.0. The summed E-state index contributed by atoms with van der Waals surface area (Å²) >= 11 is 0. The molecule has 0 atom stereocenters. The second-order valence-corrected chi connectivity index (χ2v) is 15.9. The van der Waals surface area contributed by atoms with Crippen molar-refractivity contribution in [2.75, 3.05) is 13.2 Å². The summed E-state index contributed by atoms with van der Waals surface area (Å²) in [5.41, 5.74) is 3.77. The fraction of sp³-hybridized carbons (Fsp3) is 0.636. The van der Waals surface area contributed by atoms with E-state index < -0.39 is 0 Å². The average molecular weight is 643 g/mol. The molecule has 1 nitrogen and oxygen atoms in total. The first-order valence-electron chi connectivity index (χ1n) is 19.4. The van der Waals surface area contributed by atoms with Gasteiger partial charge in [-0.1, -0.05) is 36.4 Å². The van der Waals surface area contributed by atoms with Crippen LogP contribution in [-0.2, 0) is 17.6 Å². The van der Waals surface area contributed by atoms with Gasteiger partial charge in [0.2, 0.25) is 0 Å². The maximum Gasteiger partial charge on any atom is 0.126 e. The maximum atomic E-state index is 15.1. The highest BCUT2D eigenvalue weighted by molar-refractivity contribution is 5.29. The molecule has 0 unspecified atom stereocenters. The van der Waals surface area contributed by atoms with Crippen molar-refractivity contribution in [3.05, 3.63) is 95.6 Å². The minimum absolute atomic E-state index is 0.105. The lowest BCUT2D eigenvalue weighted by Crippen LogP contribution is -2.25. The van der Waals surface area contributed by atoms with Crippen molar-refractivity contribution in [3.63, 3.8) is 0 Å². The quantitative estimate of drug-likeness (QED) is 0.165. The predicted molar refractivity (Wildman–Crippen MR) is 192 cm³/mol. The zero-order valence-electron chi connectivity index (χ0n) is 29.0. The normalized spacial score (nSPS) is 31.7. The highest BCUT2D eigenvalue weighted by atomic mass is 19.1. The molecule has 0 aliphatic heterocycles. The largest absolute Gasteiger partial charge is 0.381 e. The van der Waals surface area contributed by atoms with Gasteiger partial charge >= 0.3 is 0 Å². The minimum atomic E-state index is -0.105. The van der Waals surface area contributed by atoms with Crippen molar-refractivity contribution in [2.24, 2.45) is 35.5 Å². The monoisotopic (exact) mass is 642 g/mol. The van der Waals surface area contributed by atoms with Gasteiger partial charge < -0.3 is 4.74 Å². The molecular formula is C44H60F2O. The minimum Gasteiger partial charge on any atom is -0.381 e. The first kappa shape index (κ1) is 34.6. The number of halogens is 2. The van der Waals surface area contributed by atoms with Crippen LogP contribution in [0.5, 0.6) is 0 Å².